The number of nitrogens with one attached hydrogen (secondary N) is 1. The third-order valence-corrected chi connectivity index (χ3v) is 4.14. The highest BCUT2D eigenvalue weighted by Gasteiger charge is 2.35. The molecule has 0 fully saturated rings. The van der Waals surface area contributed by atoms with Crippen molar-refractivity contribution in [1.29, 1.82) is 0 Å². The minimum absolute atomic E-state index is 0.0990. The fraction of sp³-hybridized carbons (Fsp3) is 0.200. The van der Waals surface area contributed by atoms with E-state index in [0.717, 1.165) is 4.90 Å². The molecule has 1 heterocycles. The molecule has 0 unspecified atom stereocenters. The molecular weight excluding hydrogens is 348 g/mol. The second-order valence-electron chi connectivity index (χ2n) is 6.04. The Balaban J connectivity index is 1.51. The molecule has 7 heteroatoms. The number of esters is 1. The highest BCUT2D eigenvalue weighted by atomic mass is 16.5. The molecular formula is C20H18N2O5. The monoisotopic (exact) mass is 366 g/mol. The van der Waals surface area contributed by atoms with Gasteiger partial charge in [-0.25, -0.2) is 0 Å². The first kappa shape index (κ1) is 18.3. The summed E-state index contributed by atoms with van der Waals surface area (Å²) >= 11 is 0. The van der Waals surface area contributed by atoms with Gasteiger partial charge in [0.2, 0.25) is 0 Å². The Morgan fingerprint density at radius 3 is 2.11 bits per heavy atom. The smallest absolute Gasteiger partial charge is 0.308 e. The van der Waals surface area contributed by atoms with Crippen LogP contribution < -0.4 is 5.32 Å². The van der Waals surface area contributed by atoms with Crippen LogP contribution in [0.5, 0.6) is 0 Å². The minimum Gasteiger partial charge on any atom is -0.452 e. The molecule has 3 rings (SSSR count). The Labute approximate surface area is 155 Å². The number of amides is 3. The van der Waals surface area contributed by atoms with Crippen LogP contribution in [0, 0.1) is 0 Å². The summed E-state index contributed by atoms with van der Waals surface area (Å²) in [6.07, 6.45) is -1.19. The van der Waals surface area contributed by atoms with E-state index in [2.05, 4.69) is 5.32 Å². The summed E-state index contributed by atoms with van der Waals surface area (Å²) in [5.74, 6) is -1.99. The zero-order chi connectivity index (χ0) is 19.4. The van der Waals surface area contributed by atoms with Crippen LogP contribution in [0.2, 0.25) is 0 Å². The predicted molar refractivity (Wildman–Crippen MR) is 97.1 cm³/mol. The zero-order valence-corrected chi connectivity index (χ0v) is 14.7. The van der Waals surface area contributed by atoms with E-state index in [9.17, 15) is 19.2 Å². The lowest BCUT2D eigenvalue weighted by Crippen LogP contribution is -2.34. The summed E-state index contributed by atoms with van der Waals surface area (Å²) in [6.45, 7) is 1.36. The molecule has 138 valence electrons. The second-order valence-corrected chi connectivity index (χ2v) is 6.04. The normalized spacial score (nSPS) is 13.9. The highest BCUT2D eigenvalue weighted by Crippen LogP contribution is 2.22. The van der Waals surface area contributed by atoms with Gasteiger partial charge in [0, 0.05) is 12.2 Å². The fourth-order valence-electron chi connectivity index (χ4n) is 2.72. The molecule has 0 radical (unpaired) electrons. The Morgan fingerprint density at radius 2 is 1.52 bits per heavy atom. The van der Waals surface area contributed by atoms with Crippen molar-refractivity contribution in [2.75, 3.05) is 11.9 Å². The molecule has 0 bridgehead atoms. The van der Waals surface area contributed by atoms with Gasteiger partial charge >= 0.3 is 5.97 Å². The molecule has 1 aliphatic rings. The average Bonchev–Trinajstić information content (AvgIpc) is 2.91. The predicted octanol–water partition coefficient (Wildman–Crippen LogP) is 2.24. The van der Waals surface area contributed by atoms with Crippen LogP contribution in [-0.2, 0) is 14.3 Å². The van der Waals surface area contributed by atoms with E-state index in [1.165, 1.54) is 6.92 Å². The third kappa shape index (κ3) is 4.03. The first-order valence-electron chi connectivity index (χ1n) is 8.48. The Kier molecular flexibility index (Phi) is 5.30. The maximum absolute atomic E-state index is 12.2. The van der Waals surface area contributed by atoms with Crippen LogP contribution >= 0.6 is 0 Å². The Hall–Kier alpha value is -3.48. The molecule has 7 nitrogen and oxygen atoms in total. The lowest BCUT2D eigenvalue weighted by Gasteiger charge is -2.16. The van der Waals surface area contributed by atoms with Crippen molar-refractivity contribution in [3.05, 3.63) is 65.7 Å². The average molecular weight is 366 g/mol. The number of para-hydroxylation sites is 1. The van der Waals surface area contributed by atoms with Crippen molar-refractivity contribution < 1.29 is 23.9 Å². The van der Waals surface area contributed by atoms with Crippen LogP contribution in [0.1, 0.15) is 34.1 Å². The highest BCUT2D eigenvalue weighted by molar-refractivity contribution is 6.21. The summed E-state index contributed by atoms with van der Waals surface area (Å²) in [5, 5.41) is 2.64. The number of imide groups is 1. The Bertz CT molecular complexity index is 859. The van der Waals surface area contributed by atoms with Gasteiger partial charge in [0.15, 0.2) is 6.10 Å². The molecule has 0 saturated heterocycles. The van der Waals surface area contributed by atoms with Crippen LogP contribution in [0.3, 0.4) is 0 Å². The number of ether oxygens (including phenoxy) is 1. The standard InChI is InChI=1S/C20H18N2O5/c1-13(18(24)21-14-7-3-2-4-8-14)27-17(23)11-12-22-19(25)15-9-5-6-10-16(15)20(22)26/h2-10,13H,11-12H2,1H3,(H,21,24)/t13-/m1/s1. The van der Waals surface area contributed by atoms with Crippen molar-refractivity contribution in [3.63, 3.8) is 0 Å². The van der Waals surface area contributed by atoms with E-state index in [1.807, 2.05) is 6.07 Å². The molecule has 27 heavy (non-hydrogen) atoms. The molecule has 1 N–H and O–H groups in total. The minimum atomic E-state index is -1.00. The Morgan fingerprint density at radius 1 is 0.963 bits per heavy atom. The van der Waals surface area contributed by atoms with Gasteiger partial charge < -0.3 is 10.1 Å². The first-order chi connectivity index (χ1) is 13.0. The maximum Gasteiger partial charge on any atom is 0.308 e. The van der Waals surface area contributed by atoms with Gasteiger partial charge in [-0.05, 0) is 31.2 Å². The van der Waals surface area contributed by atoms with Gasteiger partial charge in [0.1, 0.15) is 0 Å². The van der Waals surface area contributed by atoms with E-state index in [0.29, 0.717) is 16.8 Å². The third-order valence-electron chi connectivity index (χ3n) is 4.14. The van der Waals surface area contributed by atoms with Gasteiger partial charge in [-0.1, -0.05) is 30.3 Å². The quantitative estimate of drug-likeness (QED) is 0.625. The summed E-state index contributed by atoms with van der Waals surface area (Å²) < 4.78 is 5.09. The lowest BCUT2D eigenvalue weighted by molar-refractivity contribution is -0.153. The lowest BCUT2D eigenvalue weighted by atomic mass is 10.1. The number of hydrogen-bond donors (Lipinski definition) is 1. The zero-order valence-electron chi connectivity index (χ0n) is 14.7. The van der Waals surface area contributed by atoms with Gasteiger partial charge in [-0.15, -0.1) is 0 Å². The van der Waals surface area contributed by atoms with Crippen molar-refractivity contribution in [2.45, 2.75) is 19.4 Å². The van der Waals surface area contributed by atoms with Crippen molar-refractivity contribution in [3.8, 4) is 0 Å². The van der Waals surface area contributed by atoms with E-state index < -0.39 is 29.8 Å². The summed E-state index contributed by atoms with van der Waals surface area (Å²) in [6, 6.07) is 15.3. The van der Waals surface area contributed by atoms with E-state index >= 15 is 0 Å². The molecule has 0 spiro atoms. The van der Waals surface area contributed by atoms with Crippen LogP contribution in [0.15, 0.2) is 54.6 Å². The van der Waals surface area contributed by atoms with Crippen LogP contribution in [0.4, 0.5) is 5.69 Å². The molecule has 2 aromatic rings. The molecule has 0 aromatic heterocycles. The number of carbonyl (C=O) groups is 4. The summed E-state index contributed by atoms with van der Waals surface area (Å²) in [5.41, 5.74) is 1.24. The number of anilines is 1. The summed E-state index contributed by atoms with van der Waals surface area (Å²) in [4.78, 5) is 49.6. The summed E-state index contributed by atoms with van der Waals surface area (Å²) in [7, 11) is 0. The molecule has 0 aliphatic carbocycles. The van der Waals surface area contributed by atoms with Crippen LogP contribution in [-0.4, -0.2) is 41.2 Å². The molecule has 1 atom stereocenters. The second kappa shape index (κ2) is 7.82. The van der Waals surface area contributed by atoms with Crippen molar-refractivity contribution in [2.24, 2.45) is 0 Å². The van der Waals surface area contributed by atoms with Gasteiger partial charge in [-0.3, -0.25) is 24.1 Å². The van der Waals surface area contributed by atoms with Gasteiger partial charge in [0.25, 0.3) is 17.7 Å². The molecule has 3 amide bonds. The molecule has 1 aliphatic heterocycles. The van der Waals surface area contributed by atoms with Crippen LogP contribution in [0.25, 0.3) is 0 Å². The first-order valence-corrected chi connectivity index (χ1v) is 8.48. The fourth-order valence-corrected chi connectivity index (χ4v) is 2.72. The van der Waals surface area contributed by atoms with Crippen molar-refractivity contribution >= 4 is 29.4 Å². The van der Waals surface area contributed by atoms with E-state index in [4.69, 9.17) is 4.74 Å². The largest absolute Gasteiger partial charge is 0.452 e. The number of rotatable bonds is 6. The number of benzene rings is 2. The van der Waals surface area contributed by atoms with Crippen molar-refractivity contribution in [1.82, 2.24) is 4.90 Å². The topological polar surface area (TPSA) is 92.8 Å². The molecule has 0 saturated carbocycles. The van der Waals surface area contributed by atoms with Gasteiger partial charge in [-0.2, -0.15) is 0 Å². The van der Waals surface area contributed by atoms with Gasteiger partial charge in [0.05, 0.1) is 17.5 Å². The number of hydrogen-bond acceptors (Lipinski definition) is 5. The number of fused-ring (bicyclic) bond motifs is 1. The van der Waals surface area contributed by atoms with E-state index in [1.54, 1.807) is 48.5 Å². The maximum atomic E-state index is 12.2. The number of nitrogens with zero attached hydrogens (tertiary/aromatic N) is 1. The molecule has 2 aromatic carbocycles. The van der Waals surface area contributed by atoms with E-state index in [-0.39, 0.29) is 13.0 Å². The number of carbonyl (C=O) groups excluding carboxylic acids is 4. The SMILES string of the molecule is C[C@@H](OC(=O)CCN1C(=O)c2ccccc2C1=O)C(=O)Nc1ccccc1.